The lowest BCUT2D eigenvalue weighted by Crippen LogP contribution is -1.98. The fraction of sp³-hybridized carbons (Fsp3) is 0.273. The lowest BCUT2D eigenvalue weighted by molar-refractivity contribution is 0.625. The molecule has 1 unspecified atom stereocenters. The summed E-state index contributed by atoms with van der Waals surface area (Å²) in [4.78, 5) is 0.155. The fourth-order valence-electron chi connectivity index (χ4n) is 1.45. The van der Waals surface area contributed by atoms with Crippen LogP contribution in [0, 0.1) is 12.7 Å². The molecule has 0 amide bonds. The molecule has 0 saturated heterocycles. The Balaban J connectivity index is 2.42. The van der Waals surface area contributed by atoms with Gasteiger partial charge in [0.15, 0.2) is 0 Å². The first kappa shape index (κ1) is 11.3. The van der Waals surface area contributed by atoms with Gasteiger partial charge in [-0.2, -0.15) is 0 Å². The highest BCUT2D eigenvalue weighted by Crippen LogP contribution is 2.20. The molecule has 5 heteroatoms. The van der Waals surface area contributed by atoms with Crippen LogP contribution in [0.4, 0.5) is 4.39 Å². The number of hydrogen-bond acceptors (Lipinski definition) is 2. The standard InChI is InChI=1S/C11H11BrFN3/c1-7-5-9(13)3-4-11(7)16-6-10(8(2)12)14-15-16/h3-6,8H,1-2H3. The van der Waals surface area contributed by atoms with Gasteiger partial charge in [-0.15, -0.1) is 5.10 Å². The summed E-state index contributed by atoms with van der Waals surface area (Å²) in [5.41, 5.74) is 2.52. The highest BCUT2D eigenvalue weighted by atomic mass is 79.9. The minimum atomic E-state index is -0.240. The van der Waals surface area contributed by atoms with Gasteiger partial charge in [-0.05, 0) is 37.6 Å². The topological polar surface area (TPSA) is 30.7 Å². The monoisotopic (exact) mass is 283 g/mol. The van der Waals surface area contributed by atoms with E-state index >= 15 is 0 Å². The predicted molar refractivity (Wildman–Crippen MR) is 63.4 cm³/mol. The van der Waals surface area contributed by atoms with Crippen molar-refractivity contribution in [2.75, 3.05) is 0 Å². The number of rotatable bonds is 2. The molecule has 0 aliphatic heterocycles. The van der Waals surface area contributed by atoms with Crippen LogP contribution in [0.15, 0.2) is 24.4 Å². The van der Waals surface area contributed by atoms with Gasteiger partial charge in [0.25, 0.3) is 0 Å². The van der Waals surface area contributed by atoms with E-state index in [-0.39, 0.29) is 10.6 Å². The molecule has 0 fully saturated rings. The fourth-order valence-corrected chi connectivity index (χ4v) is 1.66. The first-order chi connectivity index (χ1) is 7.58. The Morgan fingerprint density at radius 2 is 2.19 bits per heavy atom. The molecule has 1 aromatic heterocycles. The van der Waals surface area contributed by atoms with E-state index in [4.69, 9.17) is 0 Å². The van der Waals surface area contributed by atoms with Crippen molar-refractivity contribution < 1.29 is 4.39 Å². The highest BCUT2D eigenvalue weighted by molar-refractivity contribution is 9.09. The van der Waals surface area contributed by atoms with E-state index < -0.39 is 0 Å². The Labute approximate surface area is 101 Å². The first-order valence-corrected chi connectivity index (χ1v) is 5.82. The molecule has 84 valence electrons. The van der Waals surface area contributed by atoms with Crippen LogP contribution in [0.2, 0.25) is 0 Å². The molecule has 0 spiro atoms. The van der Waals surface area contributed by atoms with Gasteiger partial charge in [0.05, 0.1) is 22.4 Å². The van der Waals surface area contributed by atoms with E-state index in [9.17, 15) is 4.39 Å². The number of aromatic nitrogens is 3. The van der Waals surface area contributed by atoms with Crippen LogP contribution >= 0.6 is 15.9 Å². The van der Waals surface area contributed by atoms with Crippen molar-refractivity contribution in [3.05, 3.63) is 41.5 Å². The quantitative estimate of drug-likeness (QED) is 0.793. The summed E-state index contributed by atoms with van der Waals surface area (Å²) in [7, 11) is 0. The third-order valence-electron chi connectivity index (χ3n) is 2.32. The molecule has 0 N–H and O–H groups in total. The van der Waals surface area contributed by atoms with Crippen molar-refractivity contribution in [3.8, 4) is 5.69 Å². The maximum Gasteiger partial charge on any atom is 0.123 e. The summed E-state index contributed by atoms with van der Waals surface area (Å²) < 4.78 is 14.6. The van der Waals surface area contributed by atoms with E-state index in [1.807, 2.05) is 20.0 Å². The lowest BCUT2D eigenvalue weighted by Gasteiger charge is -2.04. The third-order valence-corrected chi connectivity index (χ3v) is 2.79. The summed E-state index contributed by atoms with van der Waals surface area (Å²) in [6, 6.07) is 4.59. The second-order valence-corrected chi connectivity index (χ2v) is 5.01. The van der Waals surface area contributed by atoms with Crippen molar-refractivity contribution in [2.45, 2.75) is 18.7 Å². The molecule has 2 rings (SSSR count). The van der Waals surface area contributed by atoms with Gasteiger partial charge < -0.3 is 0 Å². The molecule has 0 aliphatic carbocycles. The molecule has 0 bridgehead atoms. The zero-order chi connectivity index (χ0) is 11.7. The molecule has 0 radical (unpaired) electrons. The number of alkyl halides is 1. The van der Waals surface area contributed by atoms with Gasteiger partial charge in [-0.25, -0.2) is 9.07 Å². The van der Waals surface area contributed by atoms with E-state index in [0.29, 0.717) is 0 Å². The number of hydrogen-bond donors (Lipinski definition) is 0. The summed E-state index contributed by atoms with van der Waals surface area (Å²) in [5, 5.41) is 8.04. The zero-order valence-corrected chi connectivity index (χ0v) is 10.6. The van der Waals surface area contributed by atoms with Crippen LogP contribution in [-0.4, -0.2) is 15.0 Å². The Morgan fingerprint density at radius 3 is 2.75 bits per heavy atom. The van der Waals surface area contributed by atoms with Crippen LogP contribution in [-0.2, 0) is 0 Å². The molecular formula is C11H11BrFN3. The molecule has 3 nitrogen and oxygen atoms in total. The maximum absolute atomic E-state index is 12.9. The Morgan fingerprint density at radius 1 is 1.44 bits per heavy atom. The second-order valence-electron chi connectivity index (χ2n) is 3.63. The molecule has 1 aromatic carbocycles. The Hall–Kier alpha value is -1.23. The van der Waals surface area contributed by atoms with Gasteiger partial charge in [0.2, 0.25) is 0 Å². The van der Waals surface area contributed by atoms with Gasteiger partial charge in [-0.1, -0.05) is 21.1 Å². The molecule has 16 heavy (non-hydrogen) atoms. The normalized spacial score (nSPS) is 12.8. The summed E-state index contributed by atoms with van der Waals surface area (Å²) in [5.74, 6) is -0.240. The molecule has 1 heterocycles. The Bertz CT molecular complexity index is 508. The van der Waals surface area contributed by atoms with Crippen LogP contribution in [0.1, 0.15) is 23.0 Å². The SMILES string of the molecule is Cc1cc(F)ccc1-n1cc(C(C)Br)nn1. The minimum absolute atomic E-state index is 0.155. The van der Waals surface area contributed by atoms with E-state index in [2.05, 4.69) is 26.2 Å². The van der Waals surface area contributed by atoms with Gasteiger partial charge in [0.1, 0.15) is 5.82 Å². The van der Waals surface area contributed by atoms with Crippen molar-refractivity contribution in [3.63, 3.8) is 0 Å². The largest absolute Gasteiger partial charge is 0.220 e. The smallest absolute Gasteiger partial charge is 0.123 e. The third kappa shape index (κ3) is 2.14. The molecular weight excluding hydrogens is 273 g/mol. The lowest BCUT2D eigenvalue weighted by atomic mass is 10.2. The van der Waals surface area contributed by atoms with Crippen LogP contribution in [0.3, 0.4) is 0 Å². The predicted octanol–water partition coefficient (Wildman–Crippen LogP) is 3.17. The molecule has 2 aromatic rings. The average Bonchev–Trinajstić information content (AvgIpc) is 2.66. The maximum atomic E-state index is 12.9. The average molecular weight is 284 g/mol. The van der Waals surface area contributed by atoms with E-state index in [1.165, 1.54) is 12.1 Å². The van der Waals surface area contributed by atoms with Gasteiger partial charge in [0, 0.05) is 0 Å². The van der Waals surface area contributed by atoms with Crippen LogP contribution in [0.25, 0.3) is 5.69 Å². The molecule has 1 atom stereocenters. The van der Waals surface area contributed by atoms with Crippen molar-refractivity contribution in [1.29, 1.82) is 0 Å². The molecule has 0 aliphatic rings. The van der Waals surface area contributed by atoms with Crippen molar-refractivity contribution in [1.82, 2.24) is 15.0 Å². The van der Waals surface area contributed by atoms with Gasteiger partial charge in [-0.3, -0.25) is 0 Å². The second kappa shape index (κ2) is 4.33. The summed E-state index contributed by atoms with van der Waals surface area (Å²) in [6.07, 6.45) is 1.83. The van der Waals surface area contributed by atoms with E-state index in [0.717, 1.165) is 16.9 Å². The first-order valence-electron chi connectivity index (χ1n) is 4.91. The molecule has 0 saturated carbocycles. The van der Waals surface area contributed by atoms with Crippen molar-refractivity contribution >= 4 is 15.9 Å². The van der Waals surface area contributed by atoms with E-state index in [1.54, 1.807) is 10.7 Å². The summed E-state index contributed by atoms with van der Waals surface area (Å²) in [6.45, 7) is 3.82. The Kier molecular flexibility index (Phi) is 3.05. The number of aryl methyl sites for hydroxylation is 1. The number of benzene rings is 1. The minimum Gasteiger partial charge on any atom is -0.220 e. The van der Waals surface area contributed by atoms with Crippen LogP contribution < -0.4 is 0 Å². The highest BCUT2D eigenvalue weighted by Gasteiger charge is 2.09. The van der Waals surface area contributed by atoms with Gasteiger partial charge >= 0.3 is 0 Å². The summed E-state index contributed by atoms with van der Waals surface area (Å²) >= 11 is 3.42. The zero-order valence-electron chi connectivity index (χ0n) is 8.98. The van der Waals surface area contributed by atoms with Crippen LogP contribution in [0.5, 0.6) is 0 Å². The number of halogens is 2. The number of nitrogens with zero attached hydrogens (tertiary/aromatic N) is 3. The van der Waals surface area contributed by atoms with Crippen molar-refractivity contribution in [2.24, 2.45) is 0 Å².